The number of ether oxygens (including phenoxy) is 1. The molecular weight excluding hydrogens is 351 g/mol. The molecule has 0 spiro atoms. The van der Waals surface area contributed by atoms with Crippen LogP contribution < -0.4 is 10.1 Å². The number of piperazine rings is 1. The lowest BCUT2D eigenvalue weighted by Crippen LogP contribution is -2.45. The van der Waals surface area contributed by atoms with Gasteiger partial charge in [-0.25, -0.2) is 0 Å². The Balaban J connectivity index is 0.00000132. The van der Waals surface area contributed by atoms with Gasteiger partial charge in [-0.2, -0.15) is 0 Å². The van der Waals surface area contributed by atoms with Gasteiger partial charge >= 0.3 is 0 Å². The molecule has 0 saturated carbocycles. The molecule has 6 heteroatoms. The van der Waals surface area contributed by atoms with Crippen molar-refractivity contribution in [3.05, 3.63) is 52.2 Å². The number of halogens is 2. The maximum Gasteiger partial charge on any atom is 0.124 e. The number of para-hydroxylation sites is 1. The number of rotatable bonds is 5. The third-order valence-corrected chi connectivity index (χ3v) is 4.77. The molecule has 1 N–H and O–H groups in total. The third-order valence-electron chi connectivity index (χ3n) is 3.84. The highest BCUT2D eigenvalue weighted by atomic mass is 35.5. The molecule has 0 aliphatic carbocycles. The largest absolute Gasteiger partial charge is 0.494 e. The molecule has 1 atom stereocenters. The molecule has 0 bridgehead atoms. The SMILES string of the molecule is CCOc1ccccc1[C@H](c1cccs1)N1CCNCC1.Cl.Cl. The van der Waals surface area contributed by atoms with Crippen molar-refractivity contribution in [1.82, 2.24) is 10.2 Å². The van der Waals surface area contributed by atoms with E-state index in [1.165, 1.54) is 10.4 Å². The van der Waals surface area contributed by atoms with Crippen molar-refractivity contribution >= 4 is 36.2 Å². The summed E-state index contributed by atoms with van der Waals surface area (Å²) in [4.78, 5) is 3.95. The fraction of sp³-hybridized carbons (Fsp3) is 0.412. The van der Waals surface area contributed by atoms with Crippen LogP contribution in [0.15, 0.2) is 41.8 Å². The maximum atomic E-state index is 5.87. The normalized spacial score (nSPS) is 16.0. The molecule has 1 aliphatic rings. The molecule has 128 valence electrons. The summed E-state index contributed by atoms with van der Waals surface area (Å²) in [7, 11) is 0. The third kappa shape index (κ3) is 4.85. The van der Waals surface area contributed by atoms with Crippen molar-refractivity contribution < 1.29 is 4.74 Å². The zero-order valence-electron chi connectivity index (χ0n) is 13.2. The summed E-state index contributed by atoms with van der Waals surface area (Å²) in [5, 5.41) is 5.60. The second-order valence-corrected chi connectivity index (χ2v) is 6.15. The fourth-order valence-corrected chi connectivity index (χ4v) is 3.79. The van der Waals surface area contributed by atoms with Crippen LogP contribution in [0.25, 0.3) is 0 Å². The predicted molar refractivity (Wildman–Crippen MR) is 103 cm³/mol. The molecule has 2 heterocycles. The van der Waals surface area contributed by atoms with Crippen molar-refractivity contribution in [2.24, 2.45) is 0 Å². The van der Waals surface area contributed by atoms with E-state index in [2.05, 4.69) is 52.0 Å². The van der Waals surface area contributed by atoms with Crippen LogP contribution in [0, 0.1) is 0 Å². The van der Waals surface area contributed by atoms with E-state index in [4.69, 9.17) is 4.74 Å². The van der Waals surface area contributed by atoms with Gasteiger partial charge in [-0.1, -0.05) is 24.3 Å². The molecule has 3 nitrogen and oxygen atoms in total. The van der Waals surface area contributed by atoms with E-state index in [0.717, 1.165) is 31.9 Å². The van der Waals surface area contributed by atoms with Gasteiger partial charge < -0.3 is 10.1 Å². The van der Waals surface area contributed by atoms with Gasteiger partial charge in [0.25, 0.3) is 0 Å². The molecule has 0 amide bonds. The van der Waals surface area contributed by atoms with Gasteiger partial charge in [-0.15, -0.1) is 36.2 Å². The standard InChI is InChI=1S/C17H22N2OS.2ClH/c1-2-20-15-7-4-3-6-14(15)17(16-8-5-13-21-16)19-11-9-18-10-12-19;;/h3-8,13,17-18H,2,9-12H2,1H3;2*1H/t17-;;/m1../s1. The Kier molecular flexibility index (Phi) is 8.95. The van der Waals surface area contributed by atoms with Crippen molar-refractivity contribution in [3.63, 3.8) is 0 Å². The minimum atomic E-state index is 0. The van der Waals surface area contributed by atoms with E-state index in [-0.39, 0.29) is 24.8 Å². The Labute approximate surface area is 154 Å². The van der Waals surface area contributed by atoms with E-state index in [1.807, 2.05) is 18.3 Å². The Morgan fingerprint density at radius 1 is 1.13 bits per heavy atom. The Morgan fingerprint density at radius 3 is 2.52 bits per heavy atom. The van der Waals surface area contributed by atoms with Gasteiger partial charge in [0.1, 0.15) is 5.75 Å². The molecule has 1 aliphatic heterocycles. The summed E-state index contributed by atoms with van der Waals surface area (Å²) in [5.41, 5.74) is 1.28. The van der Waals surface area contributed by atoms with Gasteiger partial charge in [0.15, 0.2) is 0 Å². The number of thiophene rings is 1. The van der Waals surface area contributed by atoms with E-state index in [0.29, 0.717) is 12.6 Å². The minimum absolute atomic E-state index is 0. The van der Waals surface area contributed by atoms with E-state index in [9.17, 15) is 0 Å². The van der Waals surface area contributed by atoms with Gasteiger partial charge in [0, 0.05) is 36.6 Å². The van der Waals surface area contributed by atoms with Crippen molar-refractivity contribution in [3.8, 4) is 5.75 Å². The number of benzene rings is 1. The number of hydrogen-bond donors (Lipinski definition) is 1. The summed E-state index contributed by atoms with van der Waals surface area (Å²) in [5.74, 6) is 1.01. The molecule has 1 saturated heterocycles. The van der Waals surface area contributed by atoms with E-state index >= 15 is 0 Å². The van der Waals surface area contributed by atoms with Gasteiger partial charge in [-0.3, -0.25) is 4.90 Å². The molecule has 0 unspecified atom stereocenters. The summed E-state index contributed by atoms with van der Waals surface area (Å²) in [6, 6.07) is 13.1. The highest BCUT2D eigenvalue weighted by Crippen LogP contribution is 2.36. The highest BCUT2D eigenvalue weighted by Gasteiger charge is 2.26. The van der Waals surface area contributed by atoms with Gasteiger partial charge in [-0.05, 0) is 24.4 Å². The molecule has 1 aromatic carbocycles. The van der Waals surface area contributed by atoms with E-state index < -0.39 is 0 Å². The first-order valence-electron chi connectivity index (χ1n) is 7.60. The number of hydrogen-bond acceptors (Lipinski definition) is 4. The van der Waals surface area contributed by atoms with Crippen LogP contribution in [0.3, 0.4) is 0 Å². The molecule has 3 rings (SSSR count). The topological polar surface area (TPSA) is 24.5 Å². The molecule has 2 aromatic rings. The van der Waals surface area contributed by atoms with Crippen LogP contribution in [0.1, 0.15) is 23.4 Å². The predicted octanol–water partition coefficient (Wildman–Crippen LogP) is 3.99. The van der Waals surface area contributed by atoms with Crippen LogP contribution in [-0.2, 0) is 0 Å². The van der Waals surface area contributed by atoms with Gasteiger partial charge in [0.2, 0.25) is 0 Å². The Morgan fingerprint density at radius 2 is 1.87 bits per heavy atom. The lowest BCUT2D eigenvalue weighted by atomic mass is 10.0. The van der Waals surface area contributed by atoms with Crippen molar-refractivity contribution in [2.45, 2.75) is 13.0 Å². The Bertz CT molecular complexity index is 559. The lowest BCUT2D eigenvalue weighted by Gasteiger charge is -2.35. The smallest absolute Gasteiger partial charge is 0.124 e. The zero-order valence-corrected chi connectivity index (χ0v) is 15.7. The molecule has 1 aromatic heterocycles. The Hall–Kier alpha value is -0.780. The summed E-state index contributed by atoms with van der Waals surface area (Å²) in [6.45, 7) is 7.00. The van der Waals surface area contributed by atoms with Crippen LogP contribution in [0.5, 0.6) is 5.75 Å². The average Bonchev–Trinajstić information content (AvgIpc) is 3.05. The molecule has 0 radical (unpaired) electrons. The van der Waals surface area contributed by atoms with Crippen LogP contribution in [0.4, 0.5) is 0 Å². The summed E-state index contributed by atoms with van der Waals surface area (Å²) < 4.78 is 5.87. The second kappa shape index (κ2) is 10.2. The maximum absolute atomic E-state index is 5.87. The highest BCUT2D eigenvalue weighted by molar-refractivity contribution is 7.10. The molecule has 23 heavy (non-hydrogen) atoms. The number of nitrogens with one attached hydrogen (secondary N) is 1. The van der Waals surface area contributed by atoms with Crippen LogP contribution in [-0.4, -0.2) is 37.7 Å². The lowest BCUT2D eigenvalue weighted by molar-refractivity contribution is 0.196. The van der Waals surface area contributed by atoms with Crippen molar-refractivity contribution in [1.29, 1.82) is 0 Å². The summed E-state index contributed by atoms with van der Waals surface area (Å²) >= 11 is 1.83. The number of nitrogens with zero attached hydrogens (tertiary/aromatic N) is 1. The second-order valence-electron chi connectivity index (χ2n) is 5.17. The molecule has 1 fully saturated rings. The van der Waals surface area contributed by atoms with Crippen LogP contribution >= 0.6 is 36.2 Å². The molecular formula is C17H24Cl2N2OS. The fourth-order valence-electron chi connectivity index (χ4n) is 2.91. The quantitative estimate of drug-likeness (QED) is 0.856. The van der Waals surface area contributed by atoms with Gasteiger partial charge in [0.05, 0.1) is 12.6 Å². The first-order chi connectivity index (χ1) is 10.4. The first kappa shape index (κ1) is 20.3. The zero-order chi connectivity index (χ0) is 14.5. The monoisotopic (exact) mass is 374 g/mol. The van der Waals surface area contributed by atoms with E-state index in [1.54, 1.807) is 0 Å². The minimum Gasteiger partial charge on any atom is -0.494 e. The van der Waals surface area contributed by atoms with Crippen LogP contribution in [0.2, 0.25) is 0 Å². The van der Waals surface area contributed by atoms with Crippen molar-refractivity contribution in [2.75, 3.05) is 32.8 Å². The first-order valence-corrected chi connectivity index (χ1v) is 8.48. The summed E-state index contributed by atoms with van der Waals surface area (Å²) in [6.07, 6.45) is 0. The average molecular weight is 375 g/mol.